The summed E-state index contributed by atoms with van der Waals surface area (Å²) in [6.45, 7) is 3.38. The lowest BCUT2D eigenvalue weighted by Gasteiger charge is -2.39. The van der Waals surface area contributed by atoms with Crippen LogP contribution in [0.2, 0.25) is 0 Å². The zero-order valence-electron chi connectivity index (χ0n) is 7.34. The summed E-state index contributed by atoms with van der Waals surface area (Å²) in [5.41, 5.74) is 0. The van der Waals surface area contributed by atoms with E-state index < -0.39 is 18.3 Å². The van der Waals surface area contributed by atoms with Crippen LogP contribution < -0.4 is 0 Å². The third kappa shape index (κ3) is 1.61. The molecule has 1 saturated heterocycles. The minimum Gasteiger partial charge on any atom is -0.394 e. The monoisotopic (exact) mass is 176 g/mol. The minimum atomic E-state index is -0.971. The Kier molecular flexibility index (Phi) is 3.06. The average molecular weight is 176 g/mol. The predicted molar refractivity (Wildman–Crippen MR) is 42.6 cm³/mol. The maximum atomic E-state index is 9.48. The molecule has 0 bridgehead atoms. The lowest BCUT2D eigenvalue weighted by atomic mass is 9.89. The van der Waals surface area contributed by atoms with E-state index in [2.05, 4.69) is 0 Å². The zero-order valence-corrected chi connectivity index (χ0v) is 7.34. The van der Waals surface area contributed by atoms with Gasteiger partial charge in [0.2, 0.25) is 0 Å². The van der Waals surface area contributed by atoms with Crippen molar-refractivity contribution in [2.24, 2.45) is 5.92 Å². The second-order valence-corrected chi connectivity index (χ2v) is 3.40. The van der Waals surface area contributed by atoms with Gasteiger partial charge in [0.1, 0.15) is 12.2 Å². The van der Waals surface area contributed by atoms with Gasteiger partial charge >= 0.3 is 0 Å². The first-order valence-corrected chi connectivity index (χ1v) is 4.20. The van der Waals surface area contributed by atoms with Crippen LogP contribution in [0.4, 0.5) is 0 Å². The van der Waals surface area contributed by atoms with Crippen LogP contribution in [-0.4, -0.2) is 46.3 Å². The molecule has 0 spiro atoms. The summed E-state index contributed by atoms with van der Waals surface area (Å²) in [6, 6.07) is 0. The molecule has 72 valence electrons. The summed E-state index contributed by atoms with van der Waals surface area (Å²) in [6.07, 6.45) is -2.54. The molecule has 4 heteroatoms. The fraction of sp³-hybridized carbons (Fsp3) is 1.00. The molecule has 5 atom stereocenters. The molecule has 0 unspecified atom stereocenters. The Bertz CT molecular complexity index is 145. The van der Waals surface area contributed by atoms with Crippen LogP contribution in [0.25, 0.3) is 0 Å². The van der Waals surface area contributed by atoms with Gasteiger partial charge in [0.05, 0.1) is 18.8 Å². The van der Waals surface area contributed by atoms with E-state index in [9.17, 15) is 10.2 Å². The van der Waals surface area contributed by atoms with Crippen molar-refractivity contribution in [3.8, 4) is 0 Å². The second kappa shape index (κ2) is 3.70. The zero-order chi connectivity index (χ0) is 9.30. The van der Waals surface area contributed by atoms with Crippen molar-refractivity contribution < 1.29 is 20.1 Å². The molecular weight excluding hydrogens is 160 g/mol. The third-order valence-corrected chi connectivity index (χ3v) is 2.58. The maximum Gasteiger partial charge on any atom is 0.109 e. The van der Waals surface area contributed by atoms with Gasteiger partial charge in [-0.3, -0.25) is 0 Å². The highest BCUT2D eigenvalue weighted by atomic mass is 16.5. The van der Waals surface area contributed by atoms with Crippen molar-refractivity contribution in [2.45, 2.75) is 38.3 Å². The standard InChI is InChI=1S/C8H16O4/c1-4-5(2)12-6(3-9)8(11)7(4)10/h4-11H,3H2,1-2H3/t4-,5-,6+,7+,8-/m0/s1. The van der Waals surface area contributed by atoms with Gasteiger partial charge in [0, 0.05) is 5.92 Å². The highest BCUT2D eigenvalue weighted by Crippen LogP contribution is 2.25. The van der Waals surface area contributed by atoms with Gasteiger partial charge in [-0.05, 0) is 6.92 Å². The lowest BCUT2D eigenvalue weighted by Crippen LogP contribution is -2.53. The third-order valence-electron chi connectivity index (χ3n) is 2.58. The van der Waals surface area contributed by atoms with E-state index in [1.54, 1.807) is 0 Å². The molecule has 0 aromatic carbocycles. The normalized spacial score (nSPS) is 49.2. The van der Waals surface area contributed by atoms with Gasteiger partial charge in [-0.2, -0.15) is 0 Å². The van der Waals surface area contributed by atoms with Crippen molar-refractivity contribution >= 4 is 0 Å². The Morgan fingerprint density at radius 3 is 2.25 bits per heavy atom. The molecule has 0 amide bonds. The summed E-state index contributed by atoms with van der Waals surface area (Å²) >= 11 is 0. The molecule has 12 heavy (non-hydrogen) atoms. The Balaban J connectivity index is 2.63. The second-order valence-electron chi connectivity index (χ2n) is 3.40. The molecule has 1 fully saturated rings. The summed E-state index contributed by atoms with van der Waals surface area (Å²) in [7, 11) is 0. The molecule has 0 aliphatic carbocycles. The quantitative estimate of drug-likeness (QED) is 0.485. The fourth-order valence-electron chi connectivity index (χ4n) is 1.44. The molecule has 1 rings (SSSR count). The van der Waals surface area contributed by atoms with Crippen LogP contribution in [0.5, 0.6) is 0 Å². The Hall–Kier alpha value is -0.160. The van der Waals surface area contributed by atoms with E-state index in [4.69, 9.17) is 9.84 Å². The number of aliphatic hydroxyl groups excluding tert-OH is 3. The van der Waals surface area contributed by atoms with Crippen molar-refractivity contribution in [3.63, 3.8) is 0 Å². The van der Waals surface area contributed by atoms with Crippen molar-refractivity contribution in [2.75, 3.05) is 6.61 Å². The molecular formula is C8H16O4. The molecule has 1 heterocycles. The number of hydrogen-bond donors (Lipinski definition) is 3. The van der Waals surface area contributed by atoms with Gasteiger partial charge in [-0.1, -0.05) is 6.92 Å². The van der Waals surface area contributed by atoms with Crippen LogP contribution in [-0.2, 0) is 4.74 Å². The van der Waals surface area contributed by atoms with E-state index in [1.807, 2.05) is 13.8 Å². The smallest absolute Gasteiger partial charge is 0.109 e. The van der Waals surface area contributed by atoms with Crippen molar-refractivity contribution in [1.82, 2.24) is 0 Å². The Morgan fingerprint density at radius 2 is 1.75 bits per heavy atom. The van der Waals surface area contributed by atoms with Crippen LogP contribution in [0.3, 0.4) is 0 Å². The topological polar surface area (TPSA) is 69.9 Å². The molecule has 0 radical (unpaired) electrons. The van der Waals surface area contributed by atoms with E-state index in [0.717, 1.165) is 0 Å². The summed E-state index contributed by atoms with van der Waals surface area (Å²) in [5, 5.41) is 27.7. The summed E-state index contributed by atoms with van der Waals surface area (Å²) in [5.74, 6) is -0.0946. The Labute approximate surface area is 71.8 Å². The number of ether oxygens (including phenoxy) is 1. The van der Waals surface area contributed by atoms with Crippen LogP contribution in [0.1, 0.15) is 13.8 Å². The SMILES string of the molecule is C[C@@H]1[C@@H](O)[C@@H](O)[C@@H](CO)O[C@H]1C. The minimum absolute atomic E-state index is 0.0946. The first-order chi connectivity index (χ1) is 5.57. The van der Waals surface area contributed by atoms with Gasteiger partial charge in [0.25, 0.3) is 0 Å². The van der Waals surface area contributed by atoms with Crippen molar-refractivity contribution in [1.29, 1.82) is 0 Å². The first-order valence-electron chi connectivity index (χ1n) is 4.20. The number of hydrogen-bond acceptors (Lipinski definition) is 4. The molecule has 0 saturated carbocycles. The first kappa shape index (κ1) is 9.92. The number of rotatable bonds is 1. The Morgan fingerprint density at radius 1 is 1.17 bits per heavy atom. The number of aliphatic hydroxyl groups is 3. The summed E-state index contributed by atoms with van der Waals surface area (Å²) < 4.78 is 5.27. The van der Waals surface area contributed by atoms with E-state index in [-0.39, 0.29) is 18.6 Å². The molecule has 1 aliphatic rings. The molecule has 0 aromatic rings. The van der Waals surface area contributed by atoms with Gasteiger partial charge in [-0.25, -0.2) is 0 Å². The van der Waals surface area contributed by atoms with Gasteiger partial charge in [-0.15, -0.1) is 0 Å². The van der Waals surface area contributed by atoms with E-state index in [1.165, 1.54) is 0 Å². The average Bonchev–Trinajstić information content (AvgIpc) is 2.08. The largest absolute Gasteiger partial charge is 0.394 e. The van der Waals surface area contributed by atoms with Crippen molar-refractivity contribution in [3.05, 3.63) is 0 Å². The van der Waals surface area contributed by atoms with E-state index >= 15 is 0 Å². The summed E-state index contributed by atoms with van der Waals surface area (Å²) in [4.78, 5) is 0. The molecule has 3 N–H and O–H groups in total. The molecule has 1 aliphatic heterocycles. The van der Waals surface area contributed by atoms with E-state index in [0.29, 0.717) is 0 Å². The van der Waals surface area contributed by atoms with Crippen LogP contribution in [0.15, 0.2) is 0 Å². The molecule has 0 aromatic heterocycles. The highest BCUT2D eigenvalue weighted by molar-refractivity contribution is 4.87. The maximum absolute atomic E-state index is 9.48. The molecule has 4 nitrogen and oxygen atoms in total. The van der Waals surface area contributed by atoms with Gasteiger partial charge < -0.3 is 20.1 Å². The van der Waals surface area contributed by atoms with Gasteiger partial charge in [0.15, 0.2) is 0 Å². The lowest BCUT2D eigenvalue weighted by molar-refractivity contribution is -0.200. The van der Waals surface area contributed by atoms with Crippen LogP contribution >= 0.6 is 0 Å². The van der Waals surface area contributed by atoms with Crippen LogP contribution in [0, 0.1) is 5.92 Å². The fourth-order valence-corrected chi connectivity index (χ4v) is 1.44. The predicted octanol–water partition coefficient (Wildman–Crippen LogP) is -0.876. The highest BCUT2D eigenvalue weighted by Gasteiger charge is 2.39.